The molecule has 0 unspecified atom stereocenters. The van der Waals surface area contributed by atoms with Crippen LogP contribution in [0, 0.1) is 0 Å². The average molecular weight is 161 g/mol. The van der Waals surface area contributed by atoms with Crippen LogP contribution in [0.1, 0.15) is 6.92 Å². The second-order valence-corrected chi connectivity index (χ2v) is 1.77. The molecule has 4 nitrogen and oxygen atoms in total. The number of morpholine rings is 1. The fourth-order valence-corrected chi connectivity index (χ4v) is 0.516. The van der Waals surface area contributed by atoms with Crippen LogP contribution in [0.4, 0.5) is 0 Å². The van der Waals surface area contributed by atoms with E-state index >= 15 is 0 Å². The van der Waals surface area contributed by atoms with Gasteiger partial charge in [-0.1, -0.05) is 6.08 Å². The molecule has 0 radical (unpaired) electrons. The molecule has 1 saturated heterocycles. The monoisotopic (exact) mass is 161 g/mol. The van der Waals surface area contributed by atoms with E-state index in [1.54, 1.807) is 6.08 Å². The minimum absolute atomic E-state index is 0.889. The van der Waals surface area contributed by atoms with Gasteiger partial charge in [0, 0.05) is 13.1 Å². The number of ether oxygens (including phenoxy) is 1. The highest BCUT2D eigenvalue weighted by Crippen LogP contribution is 1.76. The van der Waals surface area contributed by atoms with Gasteiger partial charge in [0.2, 0.25) is 0 Å². The Morgan fingerprint density at radius 2 is 1.73 bits per heavy atom. The Morgan fingerprint density at radius 1 is 1.36 bits per heavy atom. The molecule has 1 rings (SSSR count). The van der Waals surface area contributed by atoms with Crippen molar-refractivity contribution in [3.8, 4) is 0 Å². The Hall–Kier alpha value is -0.420. The molecule has 0 saturated carbocycles. The van der Waals surface area contributed by atoms with Crippen LogP contribution in [-0.2, 0) is 4.74 Å². The van der Waals surface area contributed by atoms with Gasteiger partial charge in [0.15, 0.2) is 0 Å². The van der Waals surface area contributed by atoms with E-state index in [9.17, 15) is 0 Å². The third-order valence-corrected chi connectivity index (χ3v) is 0.846. The highest BCUT2D eigenvalue weighted by molar-refractivity contribution is 4.51. The van der Waals surface area contributed by atoms with E-state index in [2.05, 4.69) is 23.6 Å². The summed E-state index contributed by atoms with van der Waals surface area (Å²) in [4.78, 5) is 0. The first-order valence-corrected chi connectivity index (χ1v) is 3.60. The van der Waals surface area contributed by atoms with Crippen molar-refractivity contribution in [3.05, 3.63) is 12.7 Å². The second-order valence-electron chi connectivity index (χ2n) is 1.77. The van der Waals surface area contributed by atoms with Gasteiger partial charge in [-0.25, -0.2) is 0 Å². The third-order valence-electron chi connectivity index (χ3n) is 0.846. The zero-order valence-corrected chi connectivity index (χ0v) is 7.18. The standard InChI is InChI=1S/C4H9NO.C3H6.H4N2/c1-3-6-4-2-5-1;1-3-2;1-2/h5H,1-4H2;3H,1H2,2H3;1-2H2. The molecular weight excluding hydrogens is 142 g/mol. The first-order valence-electron chi connectivity index (χ1n) is 3.60. The lowest BCUT2D eigenvalue weighted by Crippen LogP contribution is -2.30. The van der Waals surface area contributed by atoms with Gasteiger partial charge >= 0.3 is 0 Å². The number of hydrazine groups is 1. The molecular formula is C7H19N3O. The van der Waals surface area contributed by atoms with Crippen molar-refractivity contribution in [1.29, 1.82) is 0 Å². The van der Waals surface area contributed by atoms with Crippen LogP contribution in [0.5, 0.6) is 0 Å². The molecule has 0 bridgehead atoms. The predicted octanol–water partition coefficient (Wildman–Crippen LogP) is -0.383. The van der Waals surface area contributed by atoms with Crippen molar-refractivity contribution in [2.24, 2.45) is 11.7 Å². The quantitative estimate of drug-likeness (QED) is 0.257. The lowest BCUT2D eigenvalue weighted by atomic mass is 10.5. The van der Waals surface area contributed by atoms with E-state index in [0.29, 0.717) is 0 Å². The highest BCUT2D eigenvalue weighted by Gasteiger charge is 1.92. The number of allylic oxidation sites excluding steroid dienone is 1. The van der Waals surface area contributed by atoms with Crippen molar-refractivity contribution in [3.63, 3.8) is 0 Å². The summed E-state index contributed by atoms with van der Waals surface area (Å²) in [5, 5.41) is 3.16. The molecule has 1 heterocycles. The van der Waals surface area contributed by atoms with Crippen molar-refractivity contribution in [2.45, 2.75) is 6.92 Å². The van der Waals surface area contributed by atoms with Gasteiger partial charge in [-0.3, -0.25) is 11.7 Å². The van der Waals surface area contributed by atoms with E-state index in [4.69, 9.17) is 4.74 Å². The van der Waals surface area contributed by atoms with Crippen LogP contribution in [-0.4, -0.2) is 26.3 Å². The van der Waals surface area contributed by atoms with Crippen LogP contribution in [0.15, 0.2) is 12.7 Å². The van der Waals surface area contributed by atoms with E-state index in [1.165, 1.54) is 0 Å². The highest BCUT2D eigenvalue weighted by atomic mass is 16.5. The Kier molecular flexibility index (Phi) is 19.5. The van der Waals surface area contributed by atoms with Gasteiger partial charge < -0.3 is 10.1 Å². The summed E-state index contributed by atoms with van der Waals surface area (Å²) in [6.07, 6.45) is 1.75. The van der Waals surface area contributed by atoms with Crippen LogP contribution in [0.25, 0.3) is 0 Å². The van der Waals surface area contributed by atoms with Gasteiger partial charge in [0.05, 0.1) is 13.2 Å². The maximum Gasteiger partial charge on any atom is 0.0591 e. The zero-order valence-electron chi connectivity index (χ0n) is 7.18. The van der Waals surface area contributed by atoms with Crippen LogP contribution in [0.3, 0.4) is 0 Å². The normalized spacial score (nSPS) is 14.8. The van der Waals surface area contributed by atoms with Gasteiger partial charge in [0.1, 0.15) is 0 Å². The summed E-state index contributed by atoms with van der Waals surface area (Å²) in [6, 6.07) is 0. The minimum Gasteiger partial charge on any atom is -0.379 e. The van der Waals surface area contributed by atoms with Gasteiger partial charge in [-0.15, -0.1) is 6.58 Å². The van der Waals surface area contributed by atoms with E-state index < -0.39 is 0 Å². The minimum atomic E-state index is 0.889. The van der Waals surface area contributed by atoms with Gasteiger partial charge in [-0.2, -0.15) is 0 Å². The number of nitrogens with two attached hydrogens (primary N) is 2. The third kappa shape index (κ3) is 17.7. The van der Waals surface area contributed by atoms with Crippen LogP contribution < -0.4 is 17.0 Å². The molecule has 1 fully saturated rings. The van der Waals surface area contributed by atoms with Crippen molar-refractivity contribution < 1.29 is 4.74 Å². The summed E-state index contributed by atoms with van der Waals surface area (Å²) in [6.45, 7) is 9.08. The molecule has 1 aliphatic rings. The molecule has 1 aliphatic heterocycles. The molecule has 11 heavy (non-hydrogen) atoms. The molecule has 0 amide bonds. The van der Waals surface area contributed by atoms with E-state index in [1.807, 2.05) is 6.92 Å². The molecule has 0 atom stereocenters. The smallest absolute Gasteiger partial charge is 0.0591 e. The van der Waals surface area contributed by atoms with Crippen LogP contribution >= 0.6 is 0 Å². The summed E-state index contributed by atoms with van der Waals surface area (Å²) in [5.41, 5.74) is 0. The fourth-order valence-electron chi connectivity index (χ4n) is 0.516. The van der Waals surface area contributed by atoms with E-state index in [-0.39, 0.29) is 0 Å². The Morgan fingerprint density at radius 3 is 1.82 bits per heavy atom. The Balaban J connectivity index is 0. The van der Waals surface area contributed by atoms with Crippen LogP contribution in [0.2, 0.25) is 0 Å². The molecule has 0 aromatic rings. The molecule has 0 aliphatic carbocycles. The van der Waals surface area contributed by atoms with Crippen molar-refractivity contribution in [2.75, 3.05) is 26.3 Å². The topological polar surface area (TPSA) is 73.3 Å². The molecule has 4 heteroatoms. The molecule has 0 spiro atoms. The summed E-state index contributed by atoms with van der Waals surface area (Å²) in [7, 11) is 0. The maximum absolute atomic E-state index is 5.01. The summed E-state index contributed by atoms with van der Waals surface area (Å²) < 4.78 is 5.01. The number of hydrogen-bond donors (Lipinski definition) is 3. The lowest BCUT2D eigenvalue weighted by molar-refractivity contribution is 0.109. The number of hydrogen-bond acceptors (Lipinski definition) is 4. The second kappa shape index (κ2) is 16.3. The molecule has 5 N–H and O–H groups in total. The average Bonchev–Trinajstić information content (AvgIpc) is 2.12. The SMILES string of the molecule is C1COCCN1.C=CC.NN. The first-order chi connectivity index (χ1) is 5.41. The molecule has 0 aromatic carbocycles. The van der Waals surface area contributed by atoms with Gasteiger partial charge in [0.25, 0.3) is 0 Å². The summed E-state index contributed by atoms with van der Waals surface area (Å²) in [5.74, 6) is 8.00. The molecule has 68 valence electrons. The molecule has 0 aromatic heterocycles. The first kappa shape index (κ1) is 13.2. The fraction of sp³-hybridized carbons (Fsp3) is 0.714. The zero-order chi connectivity index (χ0) is 8.95. The largest absolute Gasteiger partial charge is 0.379 e. The Bertz CT molecular complexity index is 53.2. The summed E-state index contributed by atoms with van der Waals surface area (Å²) >= 11 is 0. The van der Waals surface area contributed by atoms with Crippen molar-refractivity contribution in [1.82, 2.24) is 5.32 Å². The number of nitrogens with one attached hydrogen (secondary N) is 1. The van der Waals surface area contributed by atoms with Crippen molar-refractivity contribution >= 4 is 0 Å². The van der Waals surface area contributed by atoms with Gasteiger partial charge in [-0.05, 0) is 6.92 Å². The maximum atomic E-state index is 5.01. The van der Waals surface area contributed by atoms with E-state index in [0.717, 1.165) is 26.3 Å². The predicted molar refractivity (Wildman–Crippen MR) is 47.9 cm³/mol. The lowest BCUT2D eigenvalue weighted by Gasteiger charge is -2.10. The number of rotatable bonds is 0. The Labute approximate surface area is 68.6 Å².